The molecule has 0 radical (unpaired) electrons. The Labute approximate surface area is 92.5 Å². The molecule has 5 nitrogen and oxygen atoms in total. The first-order valence-corrected chi connectivity index (χ1v) is 6.42. The van der Waals surface area contributed by atoms with E-state index in [1.807, 2.05) is 0 Å². The highest BCUT2D eigenvalue weighted by Gasteiger charge is 2.38. The molecule has 0 aromatic carbocycles. The number of halogens is 1. The van der Waals surface area contributed by atoms with Crippen molar-refractivity contribution in [3.63, 3.8) is 0 Å². The van der Waals surface area contributed by atoms with Gasteiger partial charge in [0.15, 0.2) is 5.82 Å². The van der Waals surface area contributed by atoms with Crippen LogP contribution in [0.5, 0.6) is 0 Å². The molecule has 16 heavy (non-hydrogen) atoms. The molecule has 2 rings (SSSR count). The lowest BCUT2D eigenvalue weighted by molar-refractivity contribution is 0.458. The number of hydrogen-bond acceptors (Lipinski definition) is 4. The molecule has 0 saturated heterocycles. The van der Waals surface area contributed by atoms with Crippen LogP contribution in [0, 0.1) is 5.82 Å². The van der Waals surface area contributed by atoms with Crippen molar-refractivity contribution >= 4 is 10.1 Å². The number of hydrogen-bond donors (Lipinski definition) is 1. The minimum absolute atomic E-state index is 0.279. The van der Waals surface area contributed by atoms with Gasteiger partial charge in [0.1, 0.15) is 5.82 Å². The summed E-state index contributed by atoms with van der Waals surface area (Å²) in [6, 6.07) is 0. The highest BCUT2D eigenvalue weighted by Crippen LogP contribution is 2.36. The zero-order valence-electron chi connectivity index (χ0n) is 8.38. The molecule has 0 bridgehead atoms. The lowest BCUT2D eigenvalue weighted by atomic mass is 10.1. The van der Waals surface area contributed by atoms with Gasteiger partial charge in [-0.1, -0.05) is 6.42 Å². The maximum absolute atomic E-state index is 12.6. The SMILES string of the molecule is O=S(=O)(O)[C@@H]1CCC[C@@H]1c1ncc(F)cn1. The van der Waals surface area contributed by atoms with Gasteiger partial charge in [-0.25, -0.2) is 14.4 Å². The van der Waals surface area contributed by atoms with Crippen LogP contribution in [0.1, 0.15) is 31.0 Å². The molecule has 7 heteroatoms. The Hall–Kier alpha value is -1.08. The Kier molecular flexibility index (Phi) is 2.90. The fraction of sp³-hybridized carbons (Fsp3) is 0.556. The summed E-state index contributed by atoms with van der Waals surface area (Å²) in [5.74, 6) is -0.720. The van der Waals surface area contributed by atoms with E-state index in [1.165, 1.54) is 0 Å². The summed E-state index contributed by atoms with van der Waals surface area (Å²) < 4.78 is 43.9. The molecule has 2 atom stereocenters. The van der Waals surface area contributed by atoms with Crippen LogP contribution in [0.4, 0.5) is 4.39 Å². The third-order valence-electron chi connectivity index (χ3n) is 2.81. The van der Waals surface area contributed by atoms with Crippen molar-refractivity contribution in [3.05, 3.63) is 24.0 Å². The van der Waals surface area contributed by atoms with Crippen LogP contribution in [-0.2, 0) is 10.1 Å². The third kappa shape index (κ3) is 2.19. The maximum atomic E-state index is 12.6. The summed E-state index contributed by atoms with van der Waals surface area (Å²) in [7, 11) is -4.08. The minimum atomic E-state index is -4.08. The first-order valence-electron chi connectivity index (χ1n) is 4.92. The summed E-state index contributed by atoms with van der Waals surface area (Å²) in [5.41, 5.74) is 0. The van der Waals surface area contributed by atoms with E-state index in [0.29, 0.717) is 19.3 Å². The van der Waals surface area contributed by atoms with E-state index in [-0.39, 0.29) is 5.82 Å². The lowest BCUT2D eigenvalue weighted by Crippen LogP contribution is -2.24. The molecule has 0 unspecified atom stereocenters. The average molecular weight is 246 g/mol. The van der Waals surface area contributed by atoms with Crippen LogP contribution >= 0.6 is 0 Å². The topological polar surface area (TPSA) is 80.2 Å². The van der Waals surface area contributed by atoms with Crippen molar-refractivity contribution in [2.24, 2.45) is 0 Å². The molecule has 0 aliphatic heterocycles. The molecule has 1 fully saturated rings. The van der Waals surface area contributed by atoms with Crippen molar-refractivity contribution < 1.29 is 17.4 Å². The molecule has 0 amide bonds. The van der Waals surface area contributed by atoms with Crippen LogP contribution in [0.25, 0.3) is 0 Å². The molecule has 88 valence electrons. The van der Waals surface area contributed by atoms with Gasteiger partial charge < -0.3 is 0 Å². The second-order valence-electron chi connectivity index (χ2n) is 3.85. The Balaban J connectivity index is 2.30. The van der Waals surface area contributed by atoms with E-state index in [2.05, 4.69) is 9.97 Å². The molecule has 1 aromatic heterocycles. The van der Waals surface area contributed by atoms with E-state index in [1.54, 1.807) is 0 Å². The predicted molar refractivity (Wildman–Crippen MR) is 53.9 cm³/mol. The van der Waals surface area contributed by atoms with Crippen LogP contribution < -0.4 is 0 Å². The average Bonchev–Trinajstić information content (AvgIpc) is 2.66. The minimum Gasteiger partial charge on any atom is -0.285 e. The van der Waals surface area contributed by atoms with E-state index in [9.17, 15) is 12.8 Å². The summed E-state index contributed by atoms with van der Waals surface area (Å²) >= 11 is 0. The molecular formula is C9H11FN2O3S. The first-order chi connectivity index (χ1) is 7.48. The standard InChI is InChI=1S/C9H11FN2O3S/c10-6-4-11-9(12-5-6)7-2-1-3-8(7)16(13,14)15/h4-5,7-8H,1-3H2,(H,13,14,15)/t7-,8+/m0/s1. The van der Waals surface area contributed by atoms with Gasteiger partial charge in [0.2, 0.25) is 0 Å². The van der Waals surface area contributed by atoms with Crippen LogP contribution in [-0.4, -0.2) is 28.2 Å². The van der Waals surface area contributed by atoms with Gasteiger partial charge in [-0.2, -0.15) is 8.42 Å². The van der Waals surface area contributed by atoms with Crippen LogP contribution in [0.15, 0.2) is 12.4 Å². The van der Waals surface area contributed by atoms with Crippen molar-refractivity contribution in [1.29, 1.82) is 0 Å². The quantitative estimate of drug-likeness (QED) is 0.791. The van der Waals surface area contributed by atoms with Crippen molar-refractivity contribution in [3.8, 4) is 0 Å². The van der Waals surface area contributed by atoms with Crippen molar-refractivity contribution in [2.45, 2.75) is 30.4 Å². The first kappa shape index (κ1) is 11.4. The van der Waals surface area contributed by atoms with Gasteiger partial charge in [-0.05, 0) is 12.8 Å². The third-order valence-corrected chi connectivity index (χ3v) is 4.14. The molecule has 1 aliphatic rings. The molecule has 1 saturated carbocycles. The summed E-state index contributed by atoms with van der Waals surface area (Å²) in [4.78, 5) is 7.52. The van der Waals surface area contributed by atoms with Gasteiger partial charge in [-0.15, -0.1) is 0 Å². The zero-order chi connectivity index (χ0) is 11.8. The lowest BCUT2D eigenvalue weighted by Gasteiger charge is -2.14. The molecule has 1 N–H and O–H groups in total. The second kappa shape index (κ2) is 4.06. The van der Waals surface area contributed by atoms with Gasteiger partial charge in [-0.3, -0.25) is 4.55 Å². The Bertz CT molecular complexity index is 474. The maximum Gasteiger partial charge on any atom is 0.268 e. The summed E-state index contributed by atoms with van der Waals surface area (Å²) in [6.07, 6.45) is 3.68. The van der Waals surface area contributed by atoms with Crippen LogP contribution in [0.3, 0.4) is 0 Å². The molecule has 0 spiro atoms. The smallest absolute Gasteiger partial charge is 0.268 e. The summed E-state index contributed by atoms with van der Waals surface area (Å²) in [5, 5.41) is -0.863. The van der Waals surface area contributed by atoms with Gasteiger partial charge in [0, 0.05) is 5.92 Å². The highest BCUT2D eigenvalue weighted by atomic mass is 32.2. The Morgan fingerprint density at radius 3 is 2.50 bits per heavy atom. The number of rotatable bonds is 2. The Morgan fingerprint density at radius 2 is 1.94 bits per heavy atom. The molecule has 1 heterocycles. The van der Waals surface area contributed by atoms with Gasteiger partial charge >= 0.3 is 0 Å². The second-order valence-corrected chi connectivity index (χ2v) is 5.49. The fourth-order valence-electron chi connectivity index (χ4n) is 2.09. The fourth-order valence-corrected chi connectivity index (χ4v) is 3.23. The zero-order valence-corrected chi connectivity index (χ0v) is 9.19. The van der Waals surface area contributed by atoms with E-state index in [4.69, 9.17) is 4.55 Å². The van der Waals surface area contributed by atoms with E-state index >= 15 is 0 Å². The number of nitrogens with zero attached hydrogens (tertiary/aromatic N) is 2. The monoisotopic (exact) mass is 246 g/mol. The normalized spacial score (nSPS) is 25.9. The largest absolute Gasteiger partial charge is 0.285 e. The predicted octanol–water partition coefficient (Wildman–Crippen LogP) is 1.14. The van der Waals surface area contributed by atoms with Crippen molar-refractivity contribution in [2.75, 3.05) is 0 Å². The Morgan fingerprint density at radius 1 is 1.31 bits per heavy atom. The highest BCUT2D eigenvalue weighted by molar-refractivity contribution is 7.86. The summed E-state index contributed by atoms with van der Waals surface area (Å²) in [6.45, 7) is 0. The van der Waals surface area contributed by atoms with Crippen LogP contribution in [0.2, 0.25) is 0 Å². The van der Waals surface area contributed by atoms with Gasteiger partial charge in [0.05, 0.1) is 17.6 Å². The van der Waals surface area contributed by atoms with Crippen molar-refractivity contribution in [1.82, 2.24) is 9.97 Å². The van der Waals surface area contributed by atoms with E-state index < -0.39 is 27.1 Å². The molecular weight excluding hydrogens is 235 g/mol. The molecule has 1 aromatic rings. The van der Waals surface area contributed by atoms with Gasteiger partial charge in [0.25, 0.3) is 10.1 Å². The van der Waals surface area contributed by atoms with E-state index in [0.717, 1.165) is 12.4 Å². The number of aromatic nitrogens is 2. The molecule has 1 aliphatic carbocycles.